The highest BCUT2D eigenvalue weighted by molar-refractivity contribution is 5.94. The highest BCUT2D eigenvalue weighted by Gasteiger charge is 2.21. The number of hydrogen-bond donors (Lipinski definition) is 1. The van der Waals surface area contributed by atoms with Crippen LogP contribution in [0.1, 0.15) is 23.2 Å². The topological polar surface area (TPSA) is 45.2 Å². The molecule has 1 N–H and O–H groups in total. The van der Waals surface area contributed by atoms with Gasteiger partial charge < -0.3 is 10.2 Å². The average Bonchev–Trinajstić information content (AvgIpc) is 3.23. The minimum absolute atomic E-state index is 0.0507. The van der Waals surface area contributed by atoms with E-state index < -0.39 is 0 Å². The quantitative estimate of drug-likeness (QED) is 0.763. The number of carbonyl (C=O) groups excluding carboxylic acids is 1. The van der Waals surface area contributed by atoms with Gasteiger partial charge in [0.25, 0.3) is 5.91 Å². The van der Waals surface area contributed by atoms with Crippen LogP contribution in [0.3, 0.4) is 0 Å². The zero-order chi connectivity index (χ0) is 13.7. The second kappa shape index (κ2) is 6.18. The van der Waals surface area contributed by atoms with E-state index in [4.69, 9.17) is 0 Å². The molecule has 0 aromatic carbocycles. The first-order chi connectivity index (χ1) is 9.24. The SMILES string of the molecule is C=CCN(CC=C)C(=O)c1ccc(NC2CC2)nc1. The van der Waals surface area contributed by atoms with E-state index in [1.165, 1.54) is 12.8 Å². The van der Waals surface area contributed by atoms with Crippen LogP contribution in [0.4, 0.5) is 5.82 Å². The Bertz CT molecular complexity index is 453. The van der Waals surface area contributed by atoms with Gasteiger partial charge in [-0.1, -0.05) is 12.2 Å². The molecule has 1 fully saturated rings. The van der Waals surface area contributed by atoms with Crippen molar-refractivity contribution < 1.29 is 4.79 Å². The largest absolute Gasteiger partial charge is 0.367 e. The number of carbonyl (C=O) groups is 1. The second-order valence-corrected chi connectivity index (χ2v) is 4.64. The number of hydrogen-bond acceptors (Lipinski definition) is 3. The van der Waals surface area contributed by atoms with E-state index in [-0.39, 0.29) is 5.91 Å². The lowest BCUT2D eigenvalue weighted by molar-refractivity contribution is 0.0790. The van der Waals surface area contributed by atoms with Crippen molar-refractivity contribution in [2.24, 2.45) is 0 Å². The maximum Gasteiger partial charge on any atom is 0.255 e. The first-order valence-electron chi connectivity index (χ1n) is 6.48. The summed E-state index contributed by atoms with van der Waals surface area (Å²) in [4.78, 5) is 18.2. The van der Waals surface area contributed by atoms with Gasteiger partial charge >= 0.3 is 0 Å². The van der Waals surface area contributed by atoms with Crippen LogP contribution in [0.2, 0.25) is 0 Å². The summed E-state index contributed by atoms with van der Waals surface area (Å²) in [5, 5.41) is 3.29. The normalized spacial score (nSPS) is 13.7. The third-order valence-corrected chi connectivity index (χ3v) is 2.93. The Morgan fingerprint density at radius 3 is 2.53 bits per heavy atom. The van der Waals surface area contributed by atoms with Crippen LogP contribution in [-0.2, 0) is 0 Å². The Kier molecular flexibility index (Phi) is 4.34. The van der Waals surface area contributed by atoms with E-state index in [1.807, 2.05) is 6.07 Å². The zero-order valence-corrected chi connectivity index (χ0v) is 11.0. The molecule has 1 saturated carbocycles. The summed E-state index contributed by atoms with van der Waals surface area (Å²) in [6, 6.07) is 4.22. The molecule has 0 radical (unpaired) electrons. The van der Waals surface area contributed by atoms with Gasteiger partial charge in [-0.2, -0.15) is 0 Å². The lowest BCUT2D eigenvalue weighted by Gasteiger charge is -2.19. The lowest BCUT2D eigenvalue weighted by Crippen LogP contribution is -2.31. The highest BCUT2D eigenvalue weighted by atomic mass is 16.2. The predicted molar refractivity (Wildman–Crippen MR) is 77.2 cm³/mol. The molecule has 100 valence electrons. The molecule has 1 aromatic heterocycles. The number of nitrogens with one attached hydrogen (secondary N) is 1. The fourth-order valence-electron chi connectivity index (χ4n) is 1.78. The Labute approximate surface area is 113 Å². The molecule has 2 rings (SSSR count). The van der Waals surface area contributed by atoms with Crippen molar-refractivity contribution in [3.63, 3.8) is 0 Å². The number of rotatable bonds is 7. The first-order valence-corrected chi connectivity index (χ1v) is 6.48. The Morgan fingerprint density at radius 1 is 1.37 bits per heavy atom. The summed E-state index contributed by atoms with van der Waals surface area (Å²) in [7, 11) is 0. The third-order valence-electron chi connectivity index (χ3n) is 2.93. The van der Waals surface area contributed by atoms with Gasteiger partial charge in [0.1, 0.15) is 5.82 Å². The molecular weight excluding hydrogens is 238 g/mol. The molecular formula is C15H19N3O. The summed E-state index contributed by atoms with van der Waals surface area (Å²) in [5.41, 5.74) is 0.588. The third kappa shape index (κ3) is 3.68. The second-order valence-electron chi connectivity index (χ2n) is 4.64. The van der Waals surface area contributed by atoms with E-state index in [0.29, 0.717) is 24.7 Å². The molecule has 0 atom stereocenters. The van der Waals surface area contributed by atoms with Gasteiger partial charge in [-0.3, -0.25) is 4.79 Å². The van der Waals surface area contributed by atoms with Gasteiger partial charge in [0, 0.05) is 25.3 Å². The van der Waals surface area contributed by atoms with Gasteiger partial charge in [-0.15, -0.1) is 13.2 Å². The van der Waals surface area contributed by atoms with Crippen LogP contribution in [0.15, 0.2) is 43.6 Å². The van der Waals surface area contributed by atoms with Crippen LogP contribution in [0, 0.1) is 0 Å². The average molecular weight is 257 g/mol. The van der Waals surface area contributed by atoms with Crippen molar-refractivity contribution in [3.05, 3.63) is 49.2 Å². The fourth-order valence-corrected chi connectivity index (χ4v) is 1.78. The van der Waals surface area contributed by atoms with E-state index in [0.717, 1.165) is 5.82 Å². The fraction of sp³-hybridized carbons (Fsp3) is 0.333. The van der Waals surface area contributed by atoms with Crippen molar-refractivity contribution in [3.8, 4) is 0 Å². The maximum atomic E-state index is 12.2. The van der Waals surface area contributed by atoms with Crippen molar-refractivity contribution in [1.29, 1.82) is 0 Å². The molecule has 0 aliphatic heterocycles. The molecule has 1 aliphatic carbocycles. The Balaban J connectivity index is 2.03. The molecule has 0 unspecified atom stereocenters. The monoisotopic (exact) mass is 257 g/mol. The molecule has 0 spiro atoms. The standard InChI is InChI=1S/C15H19N3O/c1-3-9-18(10-4-2)15(19)12-5-8-14(16-11-12)17-13-6-7-13/h3-5,8,11,13H,1-2,6-7,9-10H2,(H,16,17). The van der Waals surface area contributed by atoms with Crippen LogP contribution in [-0.4, -0.2) is 34.9 Å². The number of amides is 1. The summed E-state index contributed by atoms with van der Waals surface area (Å²) in [6.45, 7) is 8.33. The molecule has 1 heterocycles. The predicted octanol–water partition coefficient (Wildman–Crippen LogP) is 2.47. The smallest absolute Gasteiger partial charge is 0.255 e. The van der Waals surface area contributed by atoms with Crippen molar-refractivity contribution in [2.75, 3.05) is 18.4 Å². The van der Waals surface area contributed by atoms with Gasteiger partial charge in [-0.25, -0.2) is 4.98 Å². The minimum atomic E-state index is -0.0507. The molecule has 1 aliphatic rings. The molecule has 19 heavy (non-hydrogen) atoms. The van der Waals surface area contributed by atoms with E-state index >= 15 is 0 Å². The van der Waals surface area contributed by atoms with Crippen LogP contribution in [0.5, 0.6) is 0 Å². The summed E-state index contributed by atoms with van der Waals surface area (Å²) < 4.78 is 0. The van der Waals surface area contributed by atoms with Crippen LogP contribution < -0.4 is 5.32 Å². The summed E-state index contributed by atoms with van der Waals surface area (Å²) in [5.74, 6) is 0.781. The number of anilines is 1. The van der Waals surface area contributed by atoms with Gasteiger partial charge in [-0.05, 0) is 25.0 Å². The summed E-state index contributed by atoms with van der Waals surface area (Å²) in [6.07, 6.45) is 7.44. The Hall–Kier alpha value is -2.10. The van der Waals surface area contributed by atoms with E-state index in [2.05, 4.69) is 23.5 Å². The molecule has 1 aromatic rings. The van der Waals surface area contributed by atoms with Gasteiger partial charge in [0.05, 0.1) is 5.56 Å². The van der Waals surface area contributed by atoms with E-state index in [9.17, 15) is 4.79 Å². The minimum Gasteiger partial charge on any atom is -0.367 e. The van der Waals surface area contributed by atoms with Crippen molar-refractivity contribution in [1.82, 2.24) is 9.88 Å². The van der Waals surface area contributed by atoms with Crippen molar-refractivity contribution >= 4 is 11.7 Å². The molecule has 4 nitrogen and oxygen atoms in total. The molecule has 0 bridgehead atoms. The molecule has 0 saturated heterocycles. The van der Waals surface area contributed by atoms with Crippen LogP contribution in [0.25, 0.3) is 0 Å². The van der Waals surface area contributed by atoms with Gasteiger partial charge in [0.15, 0.2) is 0 Å². The lowest BCUT2D eigenvalue weighted by atomic mass is 10.2. The number of pyridine rings is 1. The molecule has 4 heteroatoms. The number of nitrogens with zero attached hydrogens (tertiary/aromatic N) is 2. The highest BCUT2D eigenvalue weighted by Crippen LogP contribution is 2.23. The van der Waals surface area contributed by atoms with Crippen molar-refractivity contribution in [2.45, 2.75) is 18.9 Å². The Morgan fingerprint density at radius 2 is 2.05 bits per heavy atom. The maximum absolute atomic E-state index is 12.2. The summed E-state index contributed by atoms with van der Waals surface area (Å²) >= 11 is 0. The molecule has 1 amide bonds. The first kappa shape index (κ1) is 13.3. The van der Waals surface area contributed by atoms with E-state index in [1.54, 1.807) is 29.3 Å². The zero-order valence-electron chi connectivity index (χ0n) is 11.0. The van der Waals surface area contributed by atoms with Gasteiger partial charge in [0.2, 0.25) is 0 Å². The number of aromatic nitrogens is 1. The van der Waals surface area contributed by atoms with Crippen LogP contribution >= 0.6 is 0 Å².